The van der Waals surface area contributed by atoms with Crippen LogP contribution in [0.4, 0.5) is 13.2 Å². The van der Waals surface area contributed by atoms with Gasteiger partial charge in [-0.25, -0.2) is 0 Å². The maximum atomic E-state index is 12.1. The third-order valence-corrected chi connectivity index (χ3v) is 1.85. The van der Waals surface area contributed by atoms with Crippen molar-refractivity contribution < 1.29 is 18.3 Å². The Kier molecular flexibility index (Phi) is 3.24. The third-order valence-electron chi connectivity index (χ3n) is 1.85. The van der Waals surface area contributed by atoms with Crippen molar-refractivity contribution in [1.29, 1.82) is 0 Å². The molecule has 1 atom stereocenters. The minimum atomic E-state index is -4.62. The Morgan fingerprint density at radius 3 is 2.67 bits per heavy atom. The first-order chi connectivity index (χ1) is 6.80. The van der Waals surface area contributed by atoms with E-state index in [0.717, 1.165) is 5.57 Å². The number of alkyl halides is 3. The van der Waals surface area contributed by atoms with Gasteiger partial charge in [0.25, 0.3) is 0 Å². The molecule has 5 heteroatoms. The summed E-state index contributed by atoms with van der Waals surface area (Å²) in [7, 11) is 0. The van der Waals surface area contributed by atoms with Crippen molar-refractivity contribution in [3.63, 3.8) is 0 Å². The van der Waals surface area contributed by atoms with Crippen molar-refractivity contribution in [3.05, 3.63) is 36.2 Å². The van der Waals surface area contributed by atoms with Gasteiger partial charge in [0.15, 0.2) is 6.10 Å². The second-order valence-corrected chi connectivity index (χ2v) is 3.52. The van der Waals surface area contributed by atoms with E-state index in [9.17, 15) is 13.2 Å². The molecule has 0 bridgehead atoms. The molecule has 1 rings (SSSR count). The van der Waals surface area contributed by atoms with Crippen molar-refractivity contribution in [2.75, 3.05) is 0 Å². The predicted molar refractivity (Wildman–Crippen MR) is 50.3 cm³/mol. The van der Waals surface area contributed by atoms with Gasteiger partial charge in [0, 0.05) is 24.5 Å². The number of aromatic nitrogens is 1. The largest absolute Gasteiger partial charge is 0.418 e. The molecule has 2 nitrogen and oxygen atoms in total. The van der Waals surface area contributed by atoms with Crippen LogP contribution in [0.15, 0.2) is 30.6 Å². The lowest BCUT2D eigenvalue weighted by molar-refractivity contribution is -0.206. The van der Waals surface area contributed by atoms with E-state index in [0.29, 0.717) is 6.54 Å². The van der Waals surface area contributed by atoms with Gasteiger partial charge in [-0.1, -0.05) is 12.2 Å². The SMILES string of the molecule is C=C(C)Cn1ccc(C(O)C(F)(F)F)c1. The zero-order valence-electron chi connectivity index (χ0n) is 8.25. The average Bonchev–Trinajstić information content (AvgIpc) is 2.48. The first kappa shape index (κ1) is 11.8. The molecule has 1 aromatic heterocycles. The fourth-order valence-corrected chi connectivity index (χ4v) is 1.22. The van der Waals surface area contributed by atoms with E-state index in [1.165, 1.54) is 18.5 Å². The van der Waals surface area contributed by atoms with Gasteiger partial charge < -0.3 is 9.67 Å². The molecule has 15 heavy (non-hydrogen) atoms. The zero-order chi connectivity index (χ0) is 11.6. The fourth-order valence-electron chi connectivity index (χ4n) is 1.22. The number of aliphatic hydroxyl groups excluding tert-OH is 1. The molecule has 0 amide bonds. The molecule has 0 saturated heterocycles. The molecule has 0 aliphatic rings. The van der Waals surface area contributed by atoms with Gasteiger partial charge >= 0.3 is 6.18 Å². The van der Waals surface area contributed by atoms with Crippen LogP contribution in [0.5, 0.6) is 0 Å². The lowest BCUT2D eigenvalue weighted by Gasteiger charge is -2.12. The first-order valence-electron chi connectivity index (χ1n) is 4.35. The third kappa shape index (κ3) is 3.13. The van der Waals surface area contributed by atoms with E-state index in [1.807, 2.05) is 0 Å². The molecule has 0 aliphatic carbocycles. The Balaban J connectivity index is 2.80. The minimum Gasteiger partial charge on any atom is -0.379 e. The quantitative estimate of drug-likeness (QED) is 0.777. The molecule has 0 aromatic carbocycles. The van der Waals surface area contributed by atoms with Crippen LogP contribution in [0.25, 0.3) is 0 Å². The van der Waals surface area contributed by atoms with Crippen LogP contribution in [0, 0.1) is 0 Å². The van der Waals surface area contributed by atoms with E-state index in [2.05, 4.69) is 6.58 Å². The van der Waals surface area contributed by atoms with E-state index in [4.69, 9.17) is 5.11 Å². The molecule has 1 aromatic rings. The summed E-state index contributed by atoms with van der Waals surface area (Å²) >= 11 is 0. The van der Waals surface area contributed by atoms with Gasteiger partial charge in [0.1, 0.15) is 0 Å². The average molecular weight is 219 g/mol. The highest BCUT2D eigenvalue weighted by atomic mass is 19.4. The molecular formula is C10H12F3NO. The summed E-state index contributed by atoms with van der Waals surface area (Å²) in [5.41, 5.74) is 0.683. The Morgan fingerprint density at radius 2 is 2.20 bits per heavy atom. The number of hydrogen-bond donors (Lipinski definition) is 1. The molecule has 1 heterocycles. The van der Waals surface area contributed by atoms with Crippen LogP contribution in [-0.4, -0.2) is 15.8 Å². The predicted octanol–water partition coefficient (Wildman–Crippen LogP) is 2.66. The second kappa shape index (κ2) is 4.10. The van der Waals surface area contributed by atoms with Crippen LogP contribution in [0.2, 0.25) is 0 Å². The van der Waals surface area contributed by atoms with Gasteiger partial charge in [-0.15, -0.1) is 0 Å². The lowest BCUT2D eigenvalue weighted by Crippen LogP contribution is -2.19. The molecule has 0 aliphatic heterocycles. The zero-order valence-corrected chi connectivity index (χ0v) is 8.25. The summed E-state index contributed by atoms with van der Waals surface area (Å²) in [5.74, 6) is 0. The molecule has 1 N–H and O–H groups in total. The molecule has 1 unspecified atom stereocenters. The van der Waals surface area contributed by atoms with Crippen LogP contribution in [0.1, 0.15) is 18.6 Å². The van der Waals surface area contributed by atoms with Crippen molar-refractivity contribution in [1.82, 2.24) is 4.57 Å². The van der Waals surface area contributed by atoms with E-state index < -0.39 is 12.3 Å². The standard InChI is InChI=1S/C10H12F3NO/c1-7(2)5-14-4-3-8(6-14)9(15)10(11,12)13/h3-4,6,9,15H,1,5H2,2H3. The Bertz CT molecular complexity index is 354. The molecule has 0 saturated carbocycles. The summed E-state index contributed by atoms with van der Waals surface area (Å²) in [6.07, 6.45) is -4.27. The summed E-state index contributed by atoms with van der Waals surface area (Å²) in [6.45, 7) is 5.87. The van der Waals surface area contributed by atoms with Crippen molar-refractivity contribution in [2.24, 2.45) is 0 Å². The molecular weight excluding hydrogens is 207 g/mol. The maximum Gasteiger partial charge on any atom is 0.418 e. The minimum absolute atomic E-state index is 0.149. The van der Waals surface area contributed by atoms with Gasteiger partial charge in [0.05, 0.1) is 0 Å². The highest BCUT2D eigenvalue weighted by molar-refractivity contribution is 5.16. The van der Waals surface area contributed by atoms with Crippen molar-refractivity contribution >= 4 is 0 Å². The van der Waals surface area contributed by atoms with E-state index >= 15 is 0 Å². The molecule has 0 radical (unpaired) electrons. The highest BCUT2D eigenvalue weighted by Gasteiger charge is 2.39. The lowest BCUT2D eigenvalue weighted by atomic mass is 10.2. The topological polar surface area (TPSA) is 25.2 Å². The monoisotopic (exact) mass is 219 g/mol. The van der Waals surface area contributed by atoms with Crippen molar-refractivity contribution in [2.45, 2.75) is 25.7 Å². The second-order valence-electron chi connectivity index (χ2n) is 3.52. The van der Waals surface area contributed by atoms with Gasteiger partial charge in [-0.2, -0.15) is 13.2 Å². The summed E-state index contributed by atoms with van der Waals surface area (Å²) in [6, 6.07) is 1.25. The Hall–Kier alpha value is -1.23. The maximum absolute atomic E-state index is 12.1. The highest BCUT2D eigenvalue weighted by Crippen LogP contribution is 2.32. The molecule has 0 fully saturated rings. The van der Waals surface area contributed by atoms with Crippen LogP contribution < -0.4 is 0 Å². The Labute approximate surface area is 85.6 Å². The van der Waals surface area contributed by atoms with Gasteiger partial charge in [0.2, 0.25) is 0 Å². The van der Waals surface area contributed by atoms with Gasteiger partial charge in [-0.05, 0) is 13.0 Å². The normalized spacial score (nSPS) is 13.9. The number of nitrogens with zero attached hydrogens (tertiary/aromatic N) is 1. The van der Waals surface area contributed by atoms with Crippen LogP contribution >= 0.6 is 0 Å². The summed E-state index contributed by atoms with van der Waals surface area (Å²) in [4.78, 5) is 0. The van der Waals surface area contributed by atoms with Crippen molar-refractivity contribution in [3.8, 4) is 0 Å². The first-order valence-corrected chi connectivity index (χ1v) is 4.35. The number of aliphatic hydroxyl groups is 1. The van der Waals surface area contributed by atoms with E-state index in [1.54, 1.807) is 11.5 Å². The number of rotatable bonds is 3. The van der Waals surface area contributed by atoms with Crippen LogP contribution in [0.3, 0.4) is 0 Å². The Morgan fingerprint density at radius 1 is 1.60 bits per heavy atom. The number of halogens is 3. The summed E-state index contributed by atoms with van der Waals surface area (Å²) < 4.78 is 37.9. The van der Waals surface area contributed by atoms with E-state index in [-0.39, 0.29) is 5.56 Å². The summed E-state index contributed by atoms with van der Waals surface area (Å²) in [5, 5.41) is 8.94. The number of hydrogen-bond acceptors (Lipinski definition) is 1. The number of allylic oxidation sites excluding steroid dienone is 1. The smallest absolute Gasteiger partial charge is 0.379 e. The molecule has 84 valence electrons. The molecule has 0 spiro atoms. The fraction of sp³-hybridized carbons (Fsp3) is 0.400. The van der Waals surface area contributed by atoms with Gasteiger partial charge in [-0.3, -0.25) is 0 Å². The van der Waals surface area contributed by atoms with Crippen LogP contribution in [-0.2, 0) is 6.54 Å².